The zero-order valence-electron chi connectivity index (χ0n) is 10.5. The lowest BCUT2D eigenvalue weighted by molar-refractivity contribution is -0.145. The summed E-state index contributed by atoms with van der Waals surface area (Å²) in [6.07, 6.45) is 0.388. The monoisotopic (exact) mass is 328 g/mol. The van der Waals surface area contributed by atoms with E-state index in [1.807, 2.05) is 0 Å². The van der Waals surface area contributed by atoms with Gasteiger partial charge in [0.15, 0.2) is 17.3 Å². The molecule has 1 aromatic carbocycles. The summed E-state index contributed by atoms with van der Waals surface area (Å²) in [5.74, 6) is -1.14. The molecule has 2 rings (SSSR count). The third-order valence-electron chi connectivity index (χ3n) is 3.23. The molecule has 0 fully saturated rings. The SMILES string of the molecule is COC(=O)[C@@H]1CC(=O)c2c(O)c(OC)cc(Br)c2C1. The summed E-state index contributed by atoms with van der Waals surface area (Å²) in [7, 11) is 2.71. The summed E-state index contributed by atoms with van der Waals surface area (Å²) in [6, 6.07) is 1.58. The molecule has 1 N–H and O–H groups in total. The van der Waals surface area contributed by atoms with Gasteiger partial charge in [-0.3, -0.25) is 9.59 Å². The number of Topliss-reactive ketones (excluding diaryl/α,β-unsaturated/α-hetero) is 1. The van der Waals surface area contributed by atoms with Crippen molar-refractivity contribution in [3.63, 3.8) is 0 Å². The van der Waals surface area contributed by atoms with Crippen molar-refractivity contribution in [2.24, 2.45) is 5.92 Å². The highest BCUT2D eigenvalue weighted by Gasteiger charge is 2.34. The second-order valence-corrected chi connectivity index (χ2v) is 5.17. The fourth-order valence-electron chi connectivity index (χ4n) is 2.29. The van der Waals surface area contributed by atoms with Gasteiger partial charge in [-0.2, -0.15) is 0 Å². The zero-order valence-corrected chi connectivity index (χ0v) is 12.1. The number of benzene rings is 1. The van der Waals surface area contributed by atoms with Crippen LogP contribution < -0.4 is 4.74 Å². The first-order valence-corrected chi connectivity index (χ1v) is 6.48. The first-order chi connectivity index (χ1) is 8.99. The molecule has 0 aromatic heterocycles. The number of hydrogen-bond acceptors (Lipinski definition) is 5. The van der Waals surface area contributed by atoms with Crippen molar-refractivity contribution in [2.45, 2.75) is 12.8 Å². The Morgan fingerprint density at radius 3 is 2.68 bits per heavy atom. The Bertz CT molecular complexity index is 552. The Morgan fingerprint density at radius 1 is 1.42 bits per heavy atom. The van der Waals surface area contributed by atoms with Crippen LogP contribution in [0.25, 0.3) is 0 Å². The Hall–Kier alpha value is -1.56. The molecule has 1 aliphatic carbocycles. The minimum absolute atomic E-state index is 0.0346. The van der Waals surface area contributed by atoms with Gasteiger partial charge in [0, 0.05) is 10.9 Å². The topological polar surface area (TPSA) is 72.8 Å². The molecule has 0 unspecified atom stereocenters. The largest absolute Gasteiger partial charge is 0.504 e. The number of rotatable bonds is 2. The van der Waals surface area contributed by atoms with E-state index >= 15 is 0 Å². The third kappa shape index (κ3) is 2.32. The van der Waals surface area contributed by atoms with E-state index in [1.54, 1.807) is 6.07 Å². The van der Waals surface area contributed by atoms with Crippen LogP contribution in [0.2, 0.25) is 0 Å². The quantitative estimate of drug-likeness (QED) is 0.841. The normalized spacial score (nSPS) is 17.8. The first-order valence-electron chi connectivity index (χ1n) is 5.69. The summed E-state index contributed by atoms with van der Waals surface area (Å²) in [4.78, 5) is 23.7. The number of phenolic OH excluding ortho intramolecular Hbond substituents is 1. The van der Waals surface area contributed by atoms with Crippen LogP contribution in [0.4, 0.5) is 0 Å². The van der Waals surface area contributed by atoms with Gasteiger partial charge >= 0.3 is 5.97 Å². The number of esters is 1. The molecule has 19 heavy (non-hydrogen) atoms. The van der Waals surface area contributed by atoms with Crippen LogP contribution in [0.15, 0.2) is 10.5 Å². The maximum absolute atomic E-state index is 12.1. The second-order valence-electron chi connectivity index (χ2n) is 4.31. The number of aromatic hydroxyl groups is 1. The van der Waals surface area contributed by atoms with Crippen molar-refractivity contribution < 1.29 is 24.2 Å². The molecule has 0 saturated carbocycles. The van der Waals surface area contributed by atoms with E-state index < -0.39 is 11.9 Å². The third-order valence-corrected chi connectivity index (χ3v) is 3.94. The number of hydrogen-bond donors (Lipinski definition) is 1. The minimum Gasteiger partial charge on any atom is -0.504 e. The van der Waals surface area contributed by atoms with Gasteiger partial charge < -0.3 is 14.6 Å². The van der Waals surface area contributed by atoms with Crippen molar-refractivity contribution in [3.8, 4) is 11.5 Å². The molecule has 1 atom stereocenters. The van der Waals surface area contributed by atoms with Crippen molar-refractivity contribution >= 4 is 27.7 Å². The highest BCUT2D eigenvalue weighted by Crippen LogP contribution is 2.42. The lowest BCUT2D eigenvalue weighted by Crippen LogP contribution is -2.28. The van der Waals surface area contributed by atoms with Gasteiger partial charge in [0.05, 0.1) is 25.7 Å². The number of halogens is 1. The Kier molecular flexibility index (Phi) is 3.80. The van der Waals surface area contributed by atoms with E-state index in [0.29, 0.717) is 16.5 Å². The van der Waals surface area contributed by atoms with Gasteiger partial charge in [0.25, 0.3) is 0 Å². The number of methoxy groups -OCH3 is 2. The smallest absolute Gasteiger partial charge is 0.309 e. The highest BCUT2D eigenvalue weighted by atomic mass is 79.9. The van der Waals surface area contributed by atoms with Crippen LogP contribution in [0.5, 0.6) is 11.5 Å². The molecule has 0 heterocycles. The zero-order chi connectivity index (χ0) is 14.2. The summed E-state index contributed by atoms with van der Waals surface area (Å²) in [5.41, 5.74) is 0.844. The van der Waals surface area contributed by atoms with Gasteiger partial charge in [0.1, 0.15) is 0 Å². The van der Waals surface area contributed by atoms with E-state index in [9.17, 15) is 14.7 Å². The number of ether oxygens (including phenoxy) is 2. The van der Waals surface area contributed by atoms with Crippen LogP contribution in [0.3, 0.4) is 0 Å². The lowest BCUT2D eigenvalue weighted by atomic mass is 9.82. The van der Waals surface area contributed by atoms with Gasteiger partial charge in [-0.05, 0) is 18.1 Å². The molecule has 1 aliphatic rings. The predicted molar refractivity (Wildman–Crippen MR) is 70.5 cm³/mol. The van der Waals surface area contributed by atoms with Crippen molar-refractivity contribution in [3.05, 3.63) is 21.7 Å². The Morgan fingerprint density at radius 2 is 2.11 bits per heavy atom. The molecule has 0 saturated heterocycles. The van der Waals surface area contributed by atoms with Crippen LogP contribution in [0, 0.1) is 5.92 Å². The molecule has 102 valence electrons. The van der Waals surface area contributed by atoms with Gasteiger partial charge in [0.2, 0.25) is 0 Å². The van der Waals surface area contributed by atoms with Crippen LogP contribution in [-0.4, -0.2) is 31.1 Å². The molecule has 0 radical (unpaired) electrons. The standard InChI is InChI=1S/C13H13BrO5/c1-18-10-5-8(14)7-3-6(13(17)19-2)4-9(15)11(7)12(10)16/h5-6,16H,3-4H2,1-2H3/t6-/m0/s1. The van der Waals surface area contributed by atoms with Crippen LogP contribution in [-0.2, 0) is 16.0 Å². The van der Waals surface area contributed by atoms with E-state index in [0.717, 1.165) is 0 Å². The van der Waals surface area contributed by atoms with Gasteiger partial charge in [-0.25, -0.2) is 0 Å². The van der Waals surface area contributed by atoms with E-state index in [-0.39, 0.29) is 29.3 Å². The maximum Gasteiger partial charge on any atom is 0.309 e. The molecular formula is C13H13BrO5. The molecule has 5 nitrogen and oxygen atoms in total. The fourth-order valence-corrected chi connectivity index (χ4v) is 2.86. The average Bonchev–Trinajstić information content (AvgIpc) is 2.41. The number of carbonyl (C=O) groups excluding carboxylic acids is 2. The number of phenols is 1. The summed E-state index contributed by atoms with van der Waals surface area (Å²) < 4.78 is 10.3. The second kappa shape index (κ2) is 5.21. The molecule has 0 amide bonds. The number of fused-ring (bicyclic) bond motifs is 1. The van der Waals surface area contributed by atoms with E-state index in [4.69, 9.17) is 4.74 Å². The van der Waals surface area contributed by atoms with Crippen molar-refractivity contribution in [2.75, 3.05) is 14.2 Å². The number of carbonyl (C=O) groups is 2. The molecular weight excluding hydrogens is 316 g/mol. The lowest BCUT2D eigenvalue weighted by Gasteiger charge is -2.24. The van der Waals surface area contributed by atoms with Crippen LogP contribution in [0.1, 0.15) is 22.3 Å². The molecule has 0 bridgehead atoms. The van der Waals surface area contributed by atoms with Crippen LogP contribution >= 0.6 is 15.9 Å². The maximum atomic E-state index is 12.1. The highest BCUT2D eigenvalue weighted by molar-refractivity contribution is 9.10. The Labute approximate surface area is 118 Å². The number of ketones is 1. The van der Waals surface area contributed by atoms with Crippen molar-refractivity contribution in [1.82, 2.24) is 0 Å². The van der Waals surface area contributed by atoms with E-state index in [2.05, 4.69) is 20.7 Å². The summed E-state index contributed by atoms with van der Waals surface area (Å²) in [5, 5.41) is 10.0. The molecule has 0 aliphatic heterocycles. The minimum atomic E-state index is -0.505. The molecule has 6 heteroatoms. The first kappa shape index (κ1) is 13.9. The Balaban J connectivity index is 2.52. The summed E-state index contributed by atoms with van der Waals surface area (Å²) >= 11 is 3.34. The van der Waals surface area contributed by atoms with Gasteiger partial charge in [-0.15, -0.1) is 0 Å². The van der Waals surface area contributed by atoms with E-state index in [1.165, 1.54) is 14.2 Å². The van der Waals surface area contributed by atoms with Gasteiger partial charge in [-0.1, -0.05) is 15.9 Å². The summed E-state index contributed by atoms with van der Waals surface area (Å²) in [6.45, 7) is 0. The average molecular weight is 329 g/mol. The predicted octanol–water partition coefficient (Wildman–Crippen LogP) is 2.08. The molecule has 1 aromatic rings. The van der Waals surface area contributed by atoms with Crippen molar-refractivity contribution in [1.29, 1.82) is 0 Å². The fraction of sp³-hybridized carbons (Fsp3) is 0.385. The molecule has 0 spiro atoms.